The highest BCUT2D eigenvalue weighted by atomic mass is 16.4. The molecule has 0 aliphatic rings. The van der Waals surface area contributed by atoms with Crippen LogP contribution in [0, 0.1) is 6.92 Å². The largest absolute Gasteiger partial charge is 0.474 e. The van der Waals surface area contributed by atoms with Crippen molar-refractivity contribution in [2.24, 2.45) is 5.73 Å². The highest BCUT2D eigenvalue weighted by molar-refractivity contribution is 6.36. The summed E-state index contributed by atoms with van der Waals surface area (Å²) >= 11 is 0. The summed E-state index contributed by atoms with van der Waals surface area (Å²) in [7, 11) is 0. The van der Waals surface area contributed by atoms with Crippen LogP contribution in [0.25, 0.3) is 0 Å². The number of hydrogen-bond donors (Lipinski definition) is 3. The van der Waals surface area contributed by atoms with Gasteiger partial charge in [-0.05, 0) is 18.6 Å². The molecule has 2 amide bonds. The summed E-state index contributed by atoms with van der Waals surface area (Å²) in [5, 5.41) is 10.5. The highest BCUT2D eigenvalue weighted by Gasteiger charge is 2.16. The Balaban J connectivity index is 3.14. The van der Waals surface area contributed by atoms with Gasteiger partial charge in [-0.3, -0.25) is 9.59 Å². The number of rotatable bonds is 2. The Morgan fingerprint density at radius 1 is 1.31 bits per heavy atom. The van der Waals surface area contributed by atoms with Crippen molar-refractivity contribution in [3.05, 3.63) is 29.3 Å². The van der Waals surface area contributed by atoms with E-state index in [1.165, 1.54) is 6.07 Å². The van der Waals surface area contributed by atoms with Gasteiger partial charge in [0.25, 0.3) is 5.91 Å². The van der Waals surface area contributed by atoms with Gasteiger partial charge in [0.15, 0.2) is 0 Å². The van der Waals surface area contributed by atoms with Crippen molar-refractivity contribution in [1.82, 2.24) is 0 Å². The lowest BCUT2D eigenvalue weighted by Crippen LogP contribution is -2.24. The van der Waals surface area contributed by atoms with Crippen molar-refractivity contribution in [2.45, 2.75) is 6.92 Å². The Morgan fingerprint density at radius 2 is 1.94 bits per heavy atom. The third kappa shape index (κ3) is 2.35. The molecule has 16 heavy (non-hydrogen) atoms. The van der Waals surface area contributed by atoms with E-state index in [0.29, 0.717) is 5.56 Å². The van der Waals surface area contributed by atoms with Crippen molar-refractivity contribution in [3.8, 4) is 0 Å². The molecule has 0 heterocycles. The van der Waals surface area contributed by atoms with E-state index < -0.39 is 17.8 Å². The second kappa shape index (κ2) is 4.43. The summed E-state index contributed by atoms with van der Waals surface area (Å²) in [6.07, 6.45) is 0. The maximum Gasteiger partial charge on any atom is 0.394 e. The SMILES string of the molecule is Cc1cccc(NC(=O)C(=O)O)c1C(N)=O. The van der Waals surface area contributed by atoms with E-state index in [1.807, 2.05) is 0 Å². The minimum Gasteiger partial charge on any atom is -0.474 e. The molecule has 4 N–H and O–H groups in total. The molecule has 0 radical (unpaired) electrons. The van der Waals surface area contributed by atoms with E-state index >= 15 is 0 Å². The van der Waals surface area contributed by atoms with Gasteiger partial charge in [-0.1, -0.05) is 12.1 Å². The zero-order chi connectivity index (χ0) is 12.3. The third-order valence-electron chi connectivity index (χ3n) is 1.96. The predicted octanol–water partition coefficient (Wildman–Crippen LogP) is 0.117. The fourth-order valence-electron chi connectivity index (χ4n) is 1.27. The number of carboxylic acids is 1. The van der Waals surface area contributed by atoms with Gasteiger partial charge in [0, 0.05) is 0 Å². The highest BCUT2D eigenvalue weighted by Crippen LogP contribution is 2.18. The van der Waals surface area contributed by atoms with Crippen LogP contribution in [0.5, 0.6) is 0 Å². The van der Waals surface area contributed by atoms with Gasteiger partial charge in [-0.25, -0.2) is 4.79 Å². The van der Waals surface area contributed by atoms with Gasteiger partial charge in [-0.15, -0.1) is 0 Å². The fourth-order valence-corrected chi connectivity index (χ4v) is 1.27. The molecule has 0 unspecified atom stereocenters. The standard InChI is InChI=1S/C10H10N2O4/c1-5-3-2-4-6(7(5)8(11)13)12-9(14)10(15)16/h2-4H,1H3,(H2,11,13)(H,12,14)(H,15,16). The topological polar surface area (TPSA) is 109 Å². The summed E-state index contributed by atoms with van der Waals surface area (Å²) in [5.74, 6) is -3.57. The van der Waals surface area contributed by atoms with Gasteiger partial charge in [0.05, 0.1) is 11.3 Å². The smallest absolute Gasteiger partial charge is 0.394 e. The molecular formula is C10H10N2O4. The Hall–Kier alpha value is -2.37. The molecule has 0 aliphatic carbocycles. The Kier molecular flexibility index (Phi) is 3.24. The molecular weight excluding hydrogens is 212 g/mol. The molecule has 0 fully saturated rings. The zero-order valence-corrected chi connectivity index (χ0v) is 8.48. The lowest BCUT2D eigenvalue weighted by atomic mass is 10.1. The monoisotopic (exact) mass is 222 g/mol. The number of anilines is 1. The van der Waals surface area contributed by atoms with Gasteiger partial charge in [0.2, 0.25) is 0 Å². The molecule has 0 aromatic heterocycles. The Morgan fingerprint density at radius 3 is 2.44 bits per heavy atom. The van der Waals surface area contributed by atoms with Gasteiger partial charge in [-0.2, -0.15) is 0 Å². The van der Waals surface area contributed by atoms with Crippen molar-refractivity contribution in [1.29, 1.82) is 0 Å². The molecule has 1 aromatic rings. The first-order valence-corrected chi connectivity index (χ1v) is 4.37. The number of carbonyl (C=O) groups excluding carboxylic acids is 2. The van der Waals surface area contributed by atoms with Gasteiger partial charge in [0.1, 0.15) is 0 Å². The molecule has 0 atom stereocenters. The van der Waals surface area contributed by atoms with Crippen LogP contribution in [-0.4, -0.2) is 22.9 Å². The summed E-state index contributed by atoms with van der Waals surface area (Å²) in [5.41, 5.74) is 5.90. The molecule has 0 saturated heterocycles. The van der Waals surface area contributed by atoms with E-state index in [1.54, 1.807) is 19.1 Å². The van der Waals surface area contributed by atoms with Crippen molar-refractivity contribution in [2.75, 3.05) is 5.32 Å². The number of amides is 2. The second-order valence-electron chi connectivity index (χ2n) is 3.12. The molecule has 0 saturated carbocycles. The average Bonchev–Trinajstić information content (AvgIpc) is 2.16. The molecule has 0 bridgehead atoms. The van der Waals surface area contributed by atoms with Crippen LogP contribution in [-0.2, 0) is 9.59 Å². The number of benzene rings is 1. The minimum atomic E-state index is -1.63. The van der Waals surface area contributed by atoms with E-state index in [-0.39, 0.29) is 11.3 Å². The molecule has 1 aromatic carbocycles. The van der Waals surface area contributed by atoms with Gasteiger partial charge < -0.3 is 16.2 Å². The summed E-state index contributed by atoms with van der Waals surface area (Å²) in [6, 6.07) is 4.63. The number of primary amides is 1. The van der Waals surface area contributed by atoms with Crippen LogP contribution < -0.4 is 11.1 Å². The van der Waals surface area contributed by atoms with E-state index in [4.69, 9.17) is 10.8 Å². The molecule has 84 valence electrons. The first-order valence-electron chi connectivity index (χ1n) is 4.37. The molecule has 1 rings (SSSR count). The number of carboxylic acid groups (broad SMARTS) is 1. The number of hydrogen-bond acceptors (Lipinski definition) is 3. The molecule has 6 nitrogen and oxygen atoms in total. The zero-order valence-electron chi connectivity index (χ0n) is 8.48. The van der Waals surface area contributed by atoms with Crippen molar-refractivity contribution in [3.63, 3.8) is 0 Å². The lowest BCUT2D eigenvalue weighted by Gasteiger charge is -2.09. The van der Waals surface area contributed by atoms with E-state index in [9.17, 15) is 14.4 Å². The van der Waals surface area contributed by atoms with Crippen LogP contribution >= 0.6 is 0 Å². The Labute approximate surface area is 91.1 Å². The van der Waals surface area contributed by atoms with Crippen LogP contribution in [0.4, 0.5) is 5.69 Å². The third-order valence-corrected chi connectivity index (χ3v) is 1.96. The predicted molar refractivity (Wildman–Crippen MR) is 56.0 cm³/mol. The quantitative estimate of drug-likeness (QED) is 0.617. The number of carbonyl (C=O) groups is 3. The first kappa shape index (κ1) is 11.7. The second-order valence-corrected chi connectivity index (χ2v) is 3.12. The fraction of sp³-hybridized carbons (Fsp3) is 0.100. The van der Waals surface area contributed by atoms with Crippen molar-refractivity contribution < 1.29 is 19.5 Å². The van der Waals surface area contributed by atoms with Crippen molar-refractivity contribution >= 4 is 23.5 Å². The van der Waals surface area contributed by atoms with Crippen LogP contribution in [0.1, 0.15) is 15.9 Å². The van der Waals surface area contributed by atoms with Crippen LogP contribution in [0.3, 0.4) is 0 Å². The first-order chi connectivity index (χ1) is 7.43. The summed E-state index contributed by atoms with van der Waals surface area (Å²) in [4.78, 5) is 32.4. The van der Waals surface area contributed by atoms with Crippen LogP contribution in [0.15, 0.2) is 18.2 Å². The maximum atomic E-state index is 11.1. The molecule has 0 spiro atoms. The number of nitrogens with two attached hydrogens (primary N) is 1. The molecule has 0 aliphatic heterocycles. The Bertz CT molecular complexity index is 468. The van der Waals surface area contributed by atoms with Crippen LogP contribution in [0.2, 0.25) is 0 Å². The summed E-state index contributed by atoms with van der Waals surface area (Å²) < 4.78 is 0. The average molecular weight is 222 g/mol. The molecule has 6 heteroatoms. The number of nitrogens with one attached hydrogen (secondary N) is 1. The van der Waals surface area contributed by atoms with Gasteiger partial charge >= 0.3 is 11.9 Å². The minimum absolute atomic E-state index is 0.0971. The maximum absolute atomic E-state index is 11.1. The summed E-state index contributed by atoms with van der Waals surface area (Å²) in [6.45, 7) is 1.64. The normalized spacial score (nSPS) is 9.56. The number of aryl methyl sites for hydroxylation is 1. The lowest BCUT2D eigenvalue weighted by molar-refractivity contribution is -0.147. The van der Waals surface area contributed by atoms with E-state index in [2.05, 4.69) is 5.32 Å². The van der Waals surface area contributed by atoms with E-state index in [0.717, 1.165) is 0 Å². The number of aliphatic carboxylic acids is 1.